The monoisotopic (exact) mass is 378 g/mol. The van der Waals surface area contributed by atoms with E-state index < -0.39 is 33.2 Å². The maximum Gasteiger partial charge on any atom is 0.422 e. The Kier molecular flexibility index (Phi) is 5.93. The number of ether oxygens (including phenoxy) is 1. The molecule has 1 N–H and O–H groups in total. The Balaban J connectivity index is 2.19. The molecule has 0 aliphatic rings. The highest BCUT2D eigenvalue weighted by Gasteiger charge is 2.33. The first-order valence-corrected chi connectivity index (χ1v) is 9.17. The number of rotatable bonds is 6. The van der Waals surface area contributed by atoms with Crippen molar-refractivity contribution in [3.05, 3.63) is 75.8 Å². The first kappa shape index (κ1) is 19.4. The van der Waals surface area contributed by atoms with Crippen LogP contribution in [0.5, 0.6) is 0 Å². The number of nitrogens with zero attached hydrogens (tertiary/aromatic N) is 1. The first-order chi connectivity index (χ1) is 12.2. The zero-order valence-electron chi connectivity index (χ0n) is 14.2. The summed E-state index contributed by atoms with van der Waals surface area (Å²) in [6.07, 6.45) is -2.52. The summed E-state index contributed by atoms with van der Waals surface area (Å²) < 4.78 is 31.3. The minimum absolute atomic E-state index is 0.112. The van der Waals surface area contributed by atoms with Crippen LogP contribution in [0.4, 0.5) is 4.79 Å². The molecule has 2 aromatic rings. The van der Waals surface area contributed by atoms with Gasteiger partial charge in [-0.05, 0) is 24.6 Å². The van der Waals surface area contributed by atoms with Crippen LogP contribution in [-0.2, 0) is 14.8 Å². The summed E-state index contributed by atoms with van der Waals surface area (Å²) in [7, 11) is -4.14. The fraction of sp³-hybridized carbons (Fsp3) is 0.235. The number of hydrogen-bond acceptors (Lipinski definition) is 6. The van der Waals surface area contributed by atoms with E-state index in [1.165, 1.54) is 19.1 Å². The van der Waals surface area contributed by atoms with E-state index in [0.29, 0.717) is 5.56 Å². The van der Waals surface area contributed by atoms with Gasteiger partial charge in [0.1, 0.15) is 0 Å². The molecule has 138 valence electrons. The minimum Gasteiger partial charge on any atom is -0.433 e. The van der Waals surface area contributed by atoms with Gasteiger partial charge in [-0.2, -0.15) is 0 Å². The Hall–Kier alpha value is -2.94. The molecule has 0 radical (unpaired) electrons. The number of nitro groups is 1. The SMILES string of the molecule is Cc1ccc(S(=O)(=O)NC(=O)O[C@H](c2ccccc2)[C@@H](C)[N+](=O)[O-])cc1. The fourth-order valence-electron chi connectivity index (χ4n) is 2.22. The number of carbonyl (C=O) groups is 1. The number of hydrogen-bond donors (Lipinski definition) is 1. The number of benzene rings is 2. The third kappa shape index (κ3) is 4.79. The van der Waals surface area contributed by atoms with Crippen molar-refractivity contribution in [3.8, 4) is 0 Å². The van der Waals surface area contributed by atoms with Crippen LogP contribution in [0.1, 0.15) is 24.2 Å². The lowest BCUT2D eigenvalue weighted by Crippen LogP contribution is -2.36. The summed E-state index contributed by atoms with van der Waals surface area (Å²) in [6.45, 7) is 3.07. The van der Waals surface area contributed by atoms with E-state index in [2.05, 4.69) is 0 Å². The zero-order chi connectivity index (χ0) is 19.3. The van der Waals surface area contributed by atoms with Crippen molar-refractivity contribution in [1.29, 1.82) is 0 Å². The van der Waals surface area contributed by atoms with Gasteiger partial charge in [0.25, 0.3) is 16.1 Å². The largest absolute Gasteiger partial charge is 0.433 e. The summed E-state index contributed by atoms with van der Waals surface area (Å²) in [4.78, 5) is 22.5. The lowest BCUT2D eigenvalue weighted by molar-refractivity contribution is -0.530. The van der Waals surface area contributed by atoms with Crippen LogP contribution in [0, 0.1) is 17.0 Å². The predicted octanol–water partition coefficient (Wildman–Crippen LogP) is 2.82. The molecule has 0 saturated heterocycles. The summed E-state index contributed by atoms with van der Waals surface area (Å²) in [5.41, 5.74) is 1.25. The predicted molar refractivity (Wildman–Crippen MR) is 93.6 cm³/mol. The highest BCUT2D eigenvalue weighted by Crippen LogP contribution is 2.23. The summed E-state index contributed by atoms with van der Waals surface area (Å²) in [6, 6.07) is 12.7. The summed E-state index contributed by atoms with van der Waals surface area (Å²) in [5, 5.41) is 11.1. The molecule has 2 aromatic carbocycles. The molecule has 0 saturated carbocycles. The van der Waals surface area contributed by atoms with Gasteiger partial charge in [0.15, 0.2) is 6.10 Å². The Morgan fingerprint density at radius 3 is 2.23 bits per heavy atom. The topological polar surface area (TPSA) is 116 Å². The maximum atomic E-state index is 12.2. The van der Waals surface area contributed by atoms with Gasteiger partial charge in [0.2, 0.25) is 0 Å². The molecule has 0 aliphatic carbocycles. The van der Waals surface area contributed by atoms with Crippen molar-refractivity contribution >= 4 is 16.1 Å². The quantitative estimate of drug-likeness (QED) is 0.610. The van der Waals surface area contributed by atoms with Crippen molar-refractivity contribution in [1.82, 2.24) is 4.72 Å². The highest BCUT2D eigenvalue weighted by molar-refractivity contribution is 7.90. The number of sulfonamides is 1. The van der Waals surface area contributed by atoms with Gasteiger partial charge in [-0.3, -0.25) is 10.1 Å². The molecule has 8 nitrogen and oxygen atoms in total. The molecule has 2 atom stereocenters. The molecule has 9 heteroatoms. The van der Waals surface area contributed by atoms with Crippen molar-refractivity contribution in [2.24, 2.45) is 0 Å². The normalized spacial score (nSPS) is 13.5. The Labute approximate surface area is 151 Å². The van der Waals surface area contributed by atoms with E-state index in [1.54, 1.807) is 54.1 Å². The molecular weight excluding hydrogens is 360 g/mol. The van der Waals surface area contributed by atoms with Crippen LogP contribution in [0.2, 0.25) is 0 Å². The summed E-state index contributed by atoms with van der Waals surface area (Å²) in [5.74, 6) is 0. The molecule has 0 aromatic heterocycles. The van der Waals surface area contributed by atoms with Crippen LogP contribution >= 0.6 is 0 Å². The second kappa shape index (κ2) is 7.96. The van der Waals surface area contributed by atoms with Gasteiger partial charge in [0, 0.05) is 11.8 Å². The third-order valence-corrected chi connectivity index (χ3v) is 5.01. The van der Waals surface area contributed by atoms with Gasteiger partial charge in [-0.25, -0.2) is 17.9 Å². The molecule has 0 aliphatic heterocycles. The van der Waals surface area contributed by atoms with Crippen molar-refractivity contribution in [2.45, 2.75) is 30.9 Å². The molecule has 0 fully saturated rings. The number of carbonyl (C=O) groups excluding carboxylic acids is 1. The second-order valence-electron chi connectivity index (χ2n) is 5.68. The van der Waals surface area contributed by atoms with Crippen LogP contribution in [0.3, 0.4) is 0 Å². The van der Waals surface area contributed by atoms with E-state index in [0.717, 1.165) is 5.56 Å². The lowest BCUT2D eigenvalue weighted by Gasteiger charge is -2.19. The highest BCUT2D eigenvalue weighted by atomic mass is 32.2. The van der Waals surface area contributed by atoms with Crippen LogP contribution in [0.15, 0.2) is 59.5 Å². The molecule has 1 amide bonds. The van der Waals surface area contributed by atoms with E-state index in [-0.39, 0.29) is 4.90 Å². The molecule has 0 unspecified atom stereocenters. The van der Waals surface area contributed by atoms with Gasteiger partial charge in [-0.1, -0.05) is 48.0 Å². The number of aryl methyl sites for hydroxylation is 1. The van der Waals surface area contributed by atoms with Crippen molar-refractivity contribution in [3.63, 3.8) is 0 Å². The van der Waals surface area contributed by atoms with Gasteiger partial charge in [-0.15, -0.1) is 0 Å². The average molecular weight is 378 g/mol. The third-order valence-electron chi connectivity index (χ3n) is 3.68. The van der Waals surface area contributed by atoms with E-state index in [1.807, 2.05) is 0 Å². The zero-order valence-corrected chi connectivity index (χ0v) is 15.0. The fourth-order valence-corrected chi connectivity index (χ4v) is 3.10. The standard InChI is InChI=1S/C17H18N2O6S/c1-12-8-10-15(11-9-12)26(23,24)18-17(20)25-16(13(2)19(21)22)14-6-4-3-5-7-14/h3-11,13,16H,1-2H3,(H,18,20)/t13-,16+/m1/s1. The maximum absolute atomic E-state index is 12.2. The lowest BCUT2D eigenvalue weighted by atomic mass is 10.0. The van der Waals surface area contributed by atoms with Crippen LogP contribution < -0.4 is 4.72 Å². The molecule has 2 rings (SSSR count). The Morgan fingerprint density at radius 2 is 1.69 bits per heavy atom. The van der Waals surface area contributed by atoms with Gasteiger partial charge >= 0.3 is 6.09 Å². The Morgan fingerprint density at radius 1 is 1.12 bits per heavy atom. The number of amides is 1. The van der Waals surface area contributed by atoms with E-state index >= 15 is 0 Å². The summed E-state index contributed by atoms with van der Waals surface area (Å²) >= 11 is 0. The minimum atomic E-state index is -4.14. The first-order valence-electron chi connectivity index (χ1n) is 7.69. The smallest absolute Gasteiger partial charge is 0.422 e. The van der Waals surface area contributed by atoms with Crippen molar-refractivity contribution < 1.29 is 22.9 Å². The van der Waals surface area contributed by atoms with Gasteiger partial charge < -0.3 is 4.74 Å². The molecule has 0 spiro atoms. The average Bonchev–Trinajstić information content (AvgIpc) is 2.59. The second-order valence-corrected chi connectivity index (χ2v) is 7.36. The van der Waals surface area contributed by atoms with E-state index in [4.69, 9.17) is 4.74 Å². The number of nitrogens with one attached hydrogen (secondary N) is 1. The molecule has 26 heavy (non-hydrogen) atoms. The van der Waals surface area contributed by atoms with Crippen LogP contribution in [-0.4, -0.2) is 25.5 Å². The van der Waals surface area contributed by atoms with Crippen molar-refractivity contribution in [2.75, 3.05) is 0 Å². The molecular formula is C17H18N2O6S. The Bertz CT molecular complexity index is 881. The van der Waals surface area contributed by atoms with E-state index in [9.17, 15) is 23.3 Å². The van der Waals surface area contributed by atoms with Crippen LogP contribution in [0.25, 0.3) is 0 Å². The van der Waals surface area contributed by atoms with Gasteiger partial charge in [0.05, 0.1) is 4.90 Å². The molecule has 0 heterocycles. The molecule has 0 bridgehead atoms.